The van der Waals surface area contributed by atoms with Crippen molar-refractivity contribution < 1.29 is 9.53 Å². The van der Waals surface area contributed by atoms with E-state index in [2.05, 4.69) is 22.3 Å². The van der Waals surface area contributed by atoms with Gasteiger partial charge in [-0.1, -0.05) is 0 Å². The lowest BCUT2D eigenvalue weighted by Gasteiger charge is -2.08. The lowest BCUT2D eigenvalue weighted by molar-refractivity contribution is -0.142. The first-order valence-electron chi connectivity index (χ1n) is 3.42. The third kappa shape index (κ3) is 5.15. The number of ether oxygens (including phenoxy) is 1. The molecule has 0 heterocycles. The topological polar surface area (TPSA) is 64.3 Å². The molecule has 0 radical (unpaired) electrons. The van der Waals surface area contributed by atoms with Crippen LogP contribution in [0.4, 0.5) is 0 Å². The largest absolute Gasteiger partial charge is 0.465 e. The molecule has 0 saturated heterocycles. The molecule has 3 N–H and O–H groups in total. The zero-order valence-corrected chi connectivity index (χ0v) is 8.24. The summed E-state index contributed by atoms with van der Waals surface area (Å²) in [5, 5.41) is 1.93. The van der Waals surface area contributed by atoms with Gasteiger partial charge in [0.05, 0.1) is 6.61 Å². The number of halogens is 1. The quantitative estimate of drug-likeness (QED) is 0.388. The van der Waals surface area contributed by atoms with Crippen molar-refractivity contribution in [1.82, 2.24) is 5.32 Å². The van der Waals surface area contributed by atoms with Crippen molar-refractivity contribution in [1.29, 1.82) is 0 Å². The number of carbonyl (C=O) groups is 1. The lowest BCUT2D eigenvalue weighted by Crippen LogP contribution is -2.37. The van der Waals surface area contributed by atoms with Crippen LogP contribution >= 0.6 is 23.8 Å². The molecule has 0 aromatic carbocycles. The van der Waals surface area contributed by atoms with Crippen molar-refractivity contribution in [2.75, 3.05) is 13.2 Å². The van der Waals surface area contributed by atoms with Gasteiger partial charge in [0.2, 0.25) is 0 Å². The van der Waals surface area contributed by atoms with Gasteiger partial charge in [-0.05, 0) is 19.1 Å². The van der Waals surface area contributed by atoms with E-state index in [-0.39, 0.29) is 11.7 Å². The Labute approximate surface area is 81.4 Å². The SMILES string of the molecule is CCOC(=O)[C@@H](Cl)CNC(N)=S. The highest BCUT2D eigenvalue weighted by Crippen LogP contribution is 1.96. The molecule has 0 bridgehead atoms. The van der Waals surface area contributed by atoms with E-state index < -0.39 is 11.3 Å². The molecular formula is C6H11ClN2O2S. The molecule has 0 aromatic rings. The molecule has 0 aliphatic heterocycles. The maximum atomic E-state index is 10.9. The maximum absolute atomic E-state index is 10.9. The minimum absolute atomic E-state index is 0.116. The maximum Gasteiger partial charge on any atom is 0.325 e. The molecule has 6 heteroatoms. The number of alkyl halides is 1. The van der Waals surface area contributed by atoms with Crippen molar-refractivity contribution >= 4 is 34.9 Å². The number of carbonyl (C=O) groups excluding carboxylic acids is 1. The molecule has 0 saturated carbocycles. The van der Waals surface area contributed by atoms with Crippen LogP contribution < -0.4 is 11.1 Å². The van der Waals surface area contributed by atoms with E-state index in [1.807, 2.05) is 0 Å². The predicted molar refractivity (Wildman–Crippen MR) is 51.1 cm³/mol. The van der Waals surface area contributed by atoms with Gasteiger partial charge in [-0.2, -0.15) is 0 Å². The molecule has 0 aromatic heterocycles. The number of nitrogens with one attached hydrogen (secondary N) is 1. The van der Waals surface area contributed by atoms with Gasteiger partial charge in [-0.3, -0.25) is 4.79 Å². The van der Waals surface area contributed by atoms with Crippen LogP contribution in [0.5, 0.6) is 0 Å². The Balaban J connectivity index is 3.63. The Bertz CT molecular complexity index is 177. The second-order valence-electron chi connectivity index (χ2n) is 1.96. The fourth-order valence-corrected chi connectivity index (χ4v) is 0.730. The second kappa shape index (κ2) is 6.02. The van der Waals surface area contributed by atoms with Crippen LogP contribution in [0.25, 0.3) is 0 Å². The van der Waals surface area contributed by atoms with E-state index >= 15 is 0 Å². The fraction of sp³-hybridized carbons (Fsp3) is 0.667. The smallest absolute Gasteiger partial charge is 0.325 e. The lowest BCUT2D eigenvalue weighted by atomic mass is 10.4. The molecule has 0 fully saturated rings. The third-order valence-corrected chi connectivity index (χ3v) is 1.47. The third-order valence-electron chi connectivity index (χ3n) is 0.998. The van der Waals surface area contributed by atoms with E-state index in [0.717, 1.165) is 0 Å². The Hall–Kier alpha value is -0.550. The van der Waals surface area contributed by atoms with Gasteiger partial charge in [0, 0.05) is 6.54 Å². The van der Waals surface area contributed by atoms with E-state index in [0.29, 0.717) is 6.61 Å². The highest BCUT2D eigenvalue weighted by atomic mass is 35.5. The summed E-state index contributed by atoms with van der Waals surface area (Å²) in [5.74, 6) is -0.470. The summed E-state index contributed by atoms with van der Waals surface area (Å²) in [7, 11) is 0. The summed E-state index contributed by atoms with van der Waals surface area (Å²) in [4.78, 5) is 10.9. The van der Waals surface area contributed by atoms with E-state index in [1.165, 1.54) is 0 Å². The van der Waals surface area contributed by atoms with Crippen LogP contribution in [0.1, 0.15) is 6.92 Å². The van der Waals surface area contributed by atoms with E-state index in [9.17, 15) is 4.79 Å². The van der Waals surface area contributed by atoms with Crippen LogP contribution in [0.3, 0.4) is 0 Å². The number of nitrogens with two attached hydrogens (primary N) is 1. The monoisotopic (exact) mass is 210 g/mol. The summed E-state index contributed by atoms with van der Waals surface area (Å²) >= 11 is 10.1. The first-order chi connectivity index (χ1) is 5.57. The molecule has 0 aliphatic carbocycles. The van der Waals surface area contributed by atoms with Crippen molar-refractivity contribution in [2.45, 2.75) is 12.3 Å². The first-order valence-corrected chi connectivity index (χ1v) is 4.26. The summed E-state index contributed by atoms with van der Waals surface area (Å²) in [6.07, 6.45) is 0. The van der Waals surface area contributed by atoms with Crippen LogP contribution in [-0.2, 0) is 9.53 Å². The molecule has 12 heavy (non-hydrogen) atoms. The minimum Gasteiger partial charge on any atom is -0.465 e. The van der Waals surface area contributed by atoms with Crippen LogP contribution in [0.2, 0.25) is 0 Å². The summed E-state index contributed by atoms with van der Waals surface area (Å²) in [5.41, 5.74) is 5.12. The average molecular weight is 211 g/mol. The molecule has 0 amide bonds. The molecule has 4 nitrogen and oxygen atoms in total. The normalized spacial score (nSPS) is 11.8. The van der Waals surface area contributed by atoms with Gasteiger partial charge in [0.15, 0.2) is 5.11 Å². The Morgan fingerprint density at radius 1 is 1.83 bits per heavy atom. The number of thiocarbonyl (C=S) groups is 1. The van der Waals surface area contributed by atoms with Gasteiger partial charge in [-0.15, -0.1) is 11.6 Å². The minimum atomic E-state index is -0.744. The molecule has 0 spiro atoms. The van der Waals surface area contributed by atoms with Gasteiger partial charge in [-0.25, -0.2) is 0 Å². The summed E-state index contributed by atoms with van der Waals surface area (Å²) in [6, 6.07) is 0. The summed E-state index contributed by atoms with van der Waals surface area (Å²) < 4.78 is 4.64. The second-order valence-corrected chi connectivity index (χ2v) is 2.93. The molecule has 70 valence electrons. The fourth-order valence-electron chi connectivity index (χ4n) is 0.506. The Kier molecular flexibility index (Phi) is 5.74. The molecule has 0 rings (SSSR count). The number of esters is 1. The van der Waals surface area contributed by atoms with Crippen molar-refractivity contribution in [3.8, 4) is 0 Å². The Morgan fingerprint density at radius 2 is 2.42 bits per heavy atom. The van der Waals surface area contributed by atoms with Crippen LogP contribution in [-0.4, -0.2) is 29.6 Å². The summed E-state index contributed by atoms with van der Waals surface area (Å²) in [6.45, 7) is 2.22. The average Bonchev–Trinajstić information content (AvgIpc) is 2.00. The first kappa shape index (κ1) is 11.4. The van der Waals surface area contributed by atoms with E-state index in [4.69, 9.17) is 17.3 Å². The number of hydrogen-bond donors (Lipinski definition) is 2. The molecule has 0 aliphatic rings. The molecule has 0 unspecified atom stereocenters. The standard InChI is InChI=1S/C6H11ClN2O2S/c1-2-11-5(10)4(7)3-9-6(8)12/h4H,2-3H2,1H3,(H3,8,9,12)/t4-/m0/s1. The van der Waals surface area contributed by atoms with Crippen molar-refractivity contribution in [3.63, 3.8) is 0 Å². The number of rotatable bonds is 4. The van der Waals surface area contributed by atoms with Gasteiger partial charge in [0.25, 0.3) is 0 Å². The van der Waals surface area contributed by atoms with Crippen molar-refractivity contribution in [2.24, 2.45) is 5.73 Å². The van der Waals surface area contributed by atoms with Gasteiger partial charge >= 0.3 is 5.97 Å². The van der Waals surface area contributed by atoms with Crippen LogP contribution in [0.15, 0.2) is 0 Å². The van der Waals surface area contributed by atoms with Crippen LogP contribution in [0, 0.1) is 0 Å². The highest BCUT2D eigenvalue weighted by Gasteiger charge is 2.15. The zero-order valence-electron chi connectivity index (χ0n) is 6.67. The van der Waals surface area contributed by atoms with Gasteiger partial charge < -0.3 is 15.8 Å². The Morgan fingerprint density at radius 3 is 2.83 bits per heavy atom. The zero-order chi connectivity index (χ0) is 9.56. The predicted octanol–water partition coefficient (Wildman–Crippen LogP) is -0.00990. The van der Waals surface area contributed by atoms with Gasteiger partial charge in [0.1, 0.15) is 5.38 Å². The highest BCUT2D eigenvalue weighted by molar-refractivity contribution is 7.80. The molecular weight excluding hydrogens is 200 g/mol. The number of hydrogen-bond acceptors (Lipinski definition) is 3. The van der Waals surface area contributed by atoms with E-state index in [1.54, 1.807) is 6.92 Å². The van der Waals surface area contributed by atoms with Crippen molar-refractivity contribution in [3.05, 3.63) is 0 Å². The molecule has 1 atom stereocenters.